The average Bonchev–Trinajstić information content (AvgIpc) is 2.35. The second-order valence-corrected chi connectivity index (χ2v) is 3.58. The standard InChI is InChI=1S/C11H5ClFN3O2/c12-9-10(17)15-5-16-11(9)18-7-2-1-6(4-14)8(13)3-7/h1-3,5H,(H,15,16,17). The molecule has 0 radical (unpaired) electrons. The molecule has 0 spiro atoms. The van der Waals surface area contributed by atoms with Gasteiger partial charge in [0.25, 0.3) is 5.56 Å². The Morgan fingerprint density at radius 2 is 2.28 bits per heavy atom. The van der Waals surface area contributed by atoms with E-state index in [9.17, 15) is 9.18 Å². The van der Waals surface area contributed by atoms with E-state index in [0.29, 0.717) is 0 Å². The van der Waals surface area contributed by atoms with E-state index in [4.69, 9.17) is 21.6 Å². The summed E-state index contributed by atoms with van der Waals surface area (Å²) in [6, 6.07) is 5.32. The predicted octanol–water partition coefficient (Wildman–Crippen LogP) is 2.23. The molecule has 0 fully saturated rings. The average molecular weight is 266 g/mol. The van der Waals surface area contributed by atoms with Gasteiger partial charge < -0.3 is 9.72 Å². The number of nitrogens with zero attached hydrogens (tertiary/aromatic N) is 2. The lowest BCUT2D eigenvalue weighted by molar-refractivity contribution is 0.456. The minimum absolute atomic E-state index is 0.0894. The number of hydrogen-bond donors (Lipinski definition) is 1. The zero-order valence-electron chi connectivity index (χ0n) is 8.78. The van der Waals surface area contributed by atoms with Gasteiger partial charge in [0, 0.05) is 6.07 Å². The highest BCUT2D eigenvalue weighted by atomic mass is 35.5. The highest BCUT2D eigenvalue weighted by Gasteiger charge is 2.10. The summed E-state index contributed by atoms with van der Waals surface area (Å²) in [7, 11) is 0. The van der Waals surface area contributed by atoms with Crippen LogP contribution in [0.5, 0.6) is 11.6 Å². The minimum Gasteiger partial charge on any atom is -0.437 e. The molecule has 0 bridgehead atoms. The molecule has 2 aromatic rings. The van der Waals surface area contributed by atoms with E-state index in [0.717, 1.165) is 12.4 Å². The number of halogens is 2. The normalized spacial score (nSPS) is 9.83. The Morgan fingerprint density at radius 3 is 2.94 bits per heavy atom. The van der Waals surface area contributed by atoms with Crippen molar-refractivity contribution >= 4 is 11.6 Å². The summed E-state index contributed by atoms with van der Waals surface area (Å²) in [4.78, 5) is 17.1. The van der Waals surface area contributed by atoms with Crippen LogP contribution in [0.25, 0.3) is 0 Å². The molecule has 0 saturated heterocycles. The smallest absolute Gasteiger partial charge is 0.273 e. The van der Waals surface area contributed by atoms with Crippen molar-refractivity contribution in [2.75, 3.05) is 0 Å². The third kappa shape index (κ3) is 2.31. The second-order valence-electron chi connectivity index (χ2n) is 3.21. The van der Waals surface area contributed by atoms with Gasteiger partial charge >= 0.3 is 0 Å². The number of rotatable bonds is 2. The lowest BCUT2D eigenvalue weighted by Crippen LogP contribution is -2.07. The fourth-order valence-electron chi connectivity index (χ4n) is 1.20. The van der Waals surface area contributed by atoms with E-state index >= 15 is 0 Å². The number of aromatic amines is 1. The molecule has 0 aliphatic rings. The van der Waals surface area contributed by atoms with Gasteiger partial charge in [0.05, 0.1) is 11.9 Å². The Labute approximate surface area is 105 Å². The molecule has 5 nitrogen and oxygen atoms in total. The van der Waals surface area contributed by atoms with E-state index in [1.165, 1.54) is 12.1 Å². The Morgan fingerprint density at radius 1 is 1.50 bits per heavy atom. The molecule has 0 aliphatic carbocycles. The van der Waals surface area contributed by atoms with Crippen molar-refractivity contribution < 1.29 is 9.13 Å². The molecule has 0 aliphatic heterocycles. The summed E-state index contributed by atoms with van der Waals surface area (Å²) in [6.45, 7) is 0. The monoisotopic (exact) mass is 265 g/mol. The molecular weight excluding hydrogens is 261 g/mol. The van der Waals surface area contributed by atoms with E-state index in [1.54, 1.807) is 6.07 Å². The second kappa shape index (κ2) is 4.85. The van der Waals surface area contributed by atoms with Crippen molar-refractivity contribution in [2.24, 2.45) is 0 Å². The molecule has 0 atom stereocenters. The highest BCUT2D eigenvalue weighted by Crippen LogP contribution is 2.25. The number of aromatic nitrogens is 2. The van der Waals surface area contributed by atoms with Crippen molar-refractivity contribution in [2.45, 2.75) is 0 Å². The van der Waals surface area contributed by atoms with Gasteiger partial charge in [0.2, 0.25) is 5.88 Å². The van der Waals surface area contributed by atoms with Gasteiger partial charge in [-0.25, -0.2) is 9.37 Å². The summed E-state index contributed by atoms with van der Waals surface area (Å²) in [6.07, 6.45) is 1.11. The molecule has 1 aromatic heterocycles. The van der Waals surface area contributed by atoms with Gasteiger partial charge in [0.1, 0.15) is 17.6 Å². The molecule has 90 valence electrons. The zero-order chi connectivity index (χ0) is 13.1. The van der Waals surface area contributed by atoms with Gasteiger partial charge in [-0.05, 0) is 12.1 Å². The Kier molecular flexibility index (Phi) is 3.26. The number of benzene rings is 1. The quantitative estimate of drug-likeness (QED) is 0.903. The van der Waals surface area contributed by atoms with Crippen molar-refractivity contribution in [1.29, 1.82) is 5.26 Å². The third-order valence-corrected chi connectivity index (χ3v) is 2.37. The summed E-state index contributed by atoms with van der Waals surface area (Å²) < 4.78 is 18.5. The lowest BCUT2D eigenvalue weighted by Gasteiger charge is -2.05. The minimum atomic E-state index is -0.726. The lowest BCUT2D eigenvalue weighted by atomic mass is 10.2. The topological polar surface area (TPSA) is 78.8 Å². The van der Waals surface area contributed by atoms with Crippen LogP contribution in [0, 0.1) is 17.1 Å². The van der Waals surface area contributed by atoms with Gasteiger partial charge in [-0.2, -0.15) is 5.26 Å². The van der Waals surface area contributed by atoms with Crippen molar-refractivity contribution in [3.05, 3.63) is 51.3 Å². The van der Waals surface area contributed by atoms with Crippen LogP contribution in [0.2, 0.25) is 5.02 Å². The third-order valence-electron chi connectivity index (χ3n) is 2.04. The number of nitrogens with one attached hydrogen (secondary N) is 1. The van der Waals surface area contributed by atoms with Crippen molar-refractivity contribution in [1.82, 2.24) is 9.97 Å². The molecule has 1 heterocycles. The van der Waals surface area contributed by atoms with Crippen molar-refractivity contribution in [3.63, 3.8) is 0 Å². The molecule has 1 aromatic carbocycles. The predicted molar refractivity (Wildman–Crippen MR) is 61.1 cm³/mol. The maximum Gasteiger partial charge on any atom is 0.273 e. The van der Waals surface area contributed by atoms with Crippen molar-refractivity contribution in [3.8, 4) is 17.7 Å². The molecule has 1 N–H and O–H groups in total. The first-order chi connectivity index (χ1) is 8.61. The molecule has 7 heteroatoms. The Bertz CT molecular complexity index is 693. The van der Waals surface area contributed by atoms with Gasteiger partial charge in [-0.15, -0.1) is 0 Å². The molecule has 0 saturated carbocycles. The molecule has 18 heavy (non-hydrogen) atoms. The van der Waals surface area contributed by atoms with Crippen LogP contribution >= 0.6 is 11.6 Å². The van der Waals surface area contributed by atoms with Crippen LogP contribution in [-0.2, 0) is 0 Å². The number of hydrogen-bond acceptors (Lipinski definition) is 4. The summed E-state index contributed by atoms with van der Waals surface area (Å²) in [5.74, 6) is -0.771. The van der Waals surface area contributed by atoms with Crippen LogP contribution in [0.4, 0.5) is 4.39 Å². The Hall–Kier alpha value is -2.39. The first-order valence-electron chi connectivity index (χ1n) is 4.72. The first-order valence-corrected chi connectivity index (χ1v) is 5.10. The maximum absolute atomic E-state index is 13.3. The molecule has 0 unspecified atom stereocenters. The van der Waals surface area contributed by atoms with Crippen LogP contribution in [0.3, 0.4) is 0 Å². The molecule has 0 amide bonds. The maximum atomic E-state index is 13.3. The largest absolute Gasteiger partial charge is 0.437 e. The SMILES string of the molecule is N#Cc1ccc(Oc2nc[nH]c(=O)c2Cl)cc1F. The number of nitriles is 1. The van der Waals surface area contributed by atoms with Crippen LogP contribution in [0.15, 0.2) is 29.3 Å². The first kappa shape index (κ1) is 12.1. The highest BCUT2D eigenvalue weighted by molar-refractivity contribution is 6.31. The van der Waals surface area contributed by atoms with Crippen LogP contribution in [0.1, 0.15) is 5.56 Å². The van der Waals surface area contributed by atoms with E-state index in [1.807, 2.05) is 0 Å². The van der Waals surface area contributed by atoms with E-state index < -0.39 is 11.4 Å². The van der Waals surface area contributed by atoms with Crippen LogP contribution in [-0.4, -0.2) is 9.97 Å². The van der Waals surface area contributed by atoms with E-state index in [-0.39, 0.29) is 22.2 Å². The summed E-state index contributed by atoms with van der Waals surface area (Å²) in [5, 5.41) is 8.34. The number of ether oxygens (including phenoxy) is 1. The van der Waals surface area contributed by atoms with E-state index in [2.05, 4.69) is 9.97 Å². The van der Waals surface area contributed by atoms with Crippen LogP contribution < -0.4 is 10.3 Å². The summed E-state index contributed by atoms with van der Waals surface area (Å²) in [5.41, 5.74) is -0.664. The zero-order valence-corrected chi connectivity index (χ0v) is 9.53. The Balaban J connectivity index is 2.35. The molecule has 2 rings (SSSR count). The fraction of sp³-hybridized carbons (Fsp3) is 0. The number of H-pyrrole nitrogens is 1. The van der Waals surface area contributed by atoms with Gasteiger partial charge in [0.15, 0.2) is 5.02 Å². The summed E-state index contributed by atoms with van der Waals surface area (Å²) >= 11 is 5.66. The molecular formula is C11H5ClFN3O2. The van der Waals surface area contributed by atoms with Gasteiger partial charge in [-0.3, -0.25) is 4.79 Å². The van der Waals surface area contributed by atoms with Gasteiger partial charge in [-0.1, -0.05) is 11.6 Å². The fourth-order valence-corrected chi connectivity index (χ4v) is 1.34.